The largest absolute Gasteiger partial charge is 0.477 e. The van der Waals surface area contributed by atoms with Gasteiger partial charge in [-0.05, 0) is 31.5 Å². The molecule has 0 radical (unpaired) electrons. The van der Waals surface area contributed by atoms with Crippen molar-refractivity contribution >= 4 is 21.8 Å². The van der Waals surface area contributed by atoms with Crippen LogP contribution in [0.2, 0.25) is 0 Å². The van der Waals surface area contributed by atoms with Gasteiger partial charge in [-0.25, -0.2) is 27.6 Å². The highest BCUT2D eigenvalue weighted by Gasteiger charge is 2.21. The minimum atomic E-state index is -3.61. The maximum absolute atomic E-state index is 13.0. The van der Waals surface area contributed by atoms with Crippen LogP contribution in [0.5, 0.6) is 0 Å². The van der Waals surface area contributed by atoms with E-state index in [0.717, 1.165) is 16.8 Å². The molecule has 0 fully saturated rings. The molecule has 27 heavy (non-hydrogen) atoms. The van der Waals surface area contributed by atoms with Gasteiger partial charge in [-0.1, -0.05) is 12.1 Å². The molecule has 1 heterocycles. The van der Waals surface area contributed by atoms with Crippen LogP contribution in [0, 0.1) is 5.82 Å². The molecular weight excluding hydrogens is 375 g/mol. The van der Waals surface area contributed by atoms with Crippen molar-refractivity contribution in [3.05, 3.63) is 53.2 Å². The zero-order valence-corrected chi connectivity index (χ0v) is 16.0. The summed E-state index contributed by atoms with van der Waals surface area (Å²) in [5, 5.41) is 12.2. The Labute approximate surface area is 157 Å². The lowest BCUT2D eigenvalue weighted by Crippen LogP contribution is -2.30. The van der Waals surface area contributed by atoms with Crippen LogP contribution >= 0.6 is 0 Å². The van der Waals surface area contributed by atoms with E-state index in [0.29, 0.717) is 5.56 Å². The molecule has 2 aromatic rings. The lowest BCUT2D eigenvalue weighted by molar-refractivity contribution is 0.0697. The molecule has 10 heteroatoms. The van der Waals surface area contributed by atoms with Crippen LogP contribution < -0.4 is 5.32 Å². The minimum Gasteiger partial charge on any atom is -0.477 e. The Morgan fingerprint density at radius 3 is 2.41 bits per heavy atom. The molecule has 0 unspecified atom stereocenters. The molecule has 146 valence electrons. The lowest BCUT2D eigenvalue weighted by atomic mass is 10.2. The number of anilines is 1. The average Bonchev–Trinajstić information content (AvgIpc) is 2.54. The summed E-state index contributed by atoms with van der Waals surface area (Å²) in [6, 6.07) is 5.41. The number of carbonyl (C=O) groups is 1. The molecule has 8 nitrogen and oxygen atoms in total. The number of halogens is 1. The van der Waals surface area contributed by atoms with Crippen molar-refractivity contribution in [3.8, 4) is 0 Å². The molecule has 2 N–H and O–H groups in total. The molecule has 1 aromatic heterocycles. The monoisotopic (exact) mass is 396 g/mol. The van der Waals surface area contributed by atoms with Gasteiger partial charge in [0.2, 0.25) is 10.0 Å². The first kappa shape index (κ1) is 20.7. The van der Waals surface area contributed by atoms with Crippen molar-refractivity contribution in [3.63, 3.8) is 0 Å². The summed E-state index contributed by atoms with van der Waals surface area (Å²) in [6.07, 6.45) is 2.20. The van der Waals surface area contributed by atoms with Crippen LogP contribution in [-0.4, -0.2) is 46.1 Å². The van der Waals surface area contributed by atoms with Gasteiger partial charge in [-0.3, -0.25) is 0 Å². The first-order valence-electron chi connectivity index (χ1n) is 8.11. The van der Waals surface area contributed by atoms with Gasteiger partial charge >= 0.3 is 5.97 Å². The number of nitrogens with one attached hydrogen (secondary N) is 1. The van der Waals surface area contributed by atoms with Gasteiger partial charge < -0.3 is 10.4 Å². The molecule has 0 spiro atoms. The molecule has 1 aromatic carbocycles. The second-order valence-electron chi connectivity index (χ2n) is 6.31. The molecule has 0 amide bonds. The maximum atomic E-state index is 13.0. The highest BCUT2D eigenvalue weighted by atomic mass is 32.2. The quantitative estimate of drug-likeness (QED) is 0.702. The Morgan fingerprint density at radius 2 is 1.89 bits per heavy atom. The van der Waals surface area contributed by atoms with Gasteiger partial charge in [0, 0.05) is 18.8 Å². The van der Waals surface area contributed by atoms with Crippen molar-refractivity contribution in [1.82, 2.24) is 14.3 Å². The van der Waals surface area contributed by atoms with Crippen molar-refractivity contribution in [1.29, 1.82) is 0 Å². The third-order valence-electron chi connectivity index (χ3n) is 3.55. The number of nitrogens with zero attached hydrogens (tertiary/aromatic N) is 3. The number of hydrogen-bond donors (Lipinski definition) is 2. The van der Waals surface area contributed by atoms with E-state index in [1.165, 1.54) is 24.3 Å². The topological polar surface area (TPSA) is 112 Å². The van der Waals surface area contributed by atoms with Crippen molar-refractivity contribution in [2.75, 3.05) is 11.6 Å². The predicted molar refractivity (Wildman–Crippen MR) is 98.2 cm³/mol. The van der Waals surface area contributed by atoms with Crippen molar-refractivity contribution in [2.45, 2.75) is 33.0 Å². The van der Waals surface area contributed by atoms with E-state index in [1.807, 2.05) is 13.8 Å². The van der Waals surface area contributed by atoms with E-state index in [1.54, 1.807) is 0 Å². The second kappa shape index (κ2) is 8.40. The summed E-state index contributed by atoms with van der Waals surface area (Å²) >= 11 is 0. The number of aromatic carboxylic acids is 1. The average molecular weight is 396 g/mol. The highest BCUT2D eigenvalue weighted by Crippen LogP contribution is 2.16. The number of sulfonamides is 1. The van der Waals surface area contributed by atoms with Gasteiger partial charge in [-0.2, -0.15) is 4.31 Å². The highest BCUT2D eigenvalue weighted by molar-refractivity contribution is 7.88. The van der Waals surface area contributed by atoms with Crippen LogP contribution in [0.4, 0.5) is 10.2 Å². The van der Waals surface area contributed by atoms with Gasteiger partial charge in [0.05, 0.1) is 12.8 Å². The summed E-state index contributed by atoms with van der Waals surface area (Å²) in [6.45, 7) is 3.51. The van der Waals surface area contributed by atoms with E-state index in [-0.39, 0.29) is 36.3 Å². The number of hydrogen-bond acceptors (Lipinski definition) is 6. The van der Waals surface area contributed by atoms with Gasteiger partial charge in [-0.15, -0.1) is 0 Å². The Kier molecular flexibility index (Phi) is 6.45. The predicted octanol–water partition coefficient (Wildman–Crippen LogP) is 2.10. The van der Waals surface area contributed by atoms with Crippen LogP contribution in [-0.2, 0) is 23.1 Å². The van der Waals surface area contributed by atoms with Crippen molar-refractivity contribution in [2.24, 2.45) is 0 Å². The molecule has 0 saturated carbocycles. The van der Waals surface area contributed by atoms with Crippen LogP contribution in [0.25, 0.3) is 0 Å². The number of benzene rings is 1. The van der Waals surface area contributed by atoms with Crippen LogP contribution in [0.3, 0.4) is 0 Å². The number of carboxylic acid groups (broad SMARTS) is 1. The lowest BCUT2D eigenvalue weighted by Gasteiger charge is -2.20. The number of carboxylic acids is 1. The van der Waals surface area contributed by atoms with Crippen LogP contribution in [0.1, 0.15) is 35.6 Å². The molecule has 0 aliphatic heterocycles. The first-order valence-corrected chi connectivity index (χ1v) is 9.96. The first-order chi connectivity index (χ1) is 12.6. The molecule has 0 bridgehead atoms. The summed E-state index contributed by atoms with van der Waals surface area (Å²) in [4.78, 5) is 19.5. The molecular formula is C17H21FN4O4S. The fourth-order valence-corrected chi connectivity index (χ4v) is 3.01. The van der Waals surface area contributed by atoms with Gasteiger partial charge in [0.25, 0.3) is 0 Å². The molecule has 0 saturated heterocycles. The molecule has 0 atom stereocenters. The molecule has 2 rings (SSSR count). The Bertz CT molecular complexity index is 917. The fourth-order valence-electron chi connectivity index (χ4n) is 2.28. The molecule has 0 aliphatic rings. The maximum Gasteiger partial charge on any atom is 0.341 e. The number of aromatic nitrogens is 2. The third kappa shape index (κ3) is 5.97. The second-order valence-corrected chi connectivity index (χ2v) is 8.29. The van der Waals surface area contributed by atoms with E-state index in [2.05, 4.69) is 15.3 Å². The molecule has 0 aliphatic carbocycles. The standard InChI is InChI=1S/C17H21FN4O4S/c1-11(2)20-16-14(17(23)24)8-19-15(21-16)10-22(27(3,25)26)9-12-4-6-13(18)7-5-12/h4-8,11H,9-10H2,1-3H3,(H,23,24)(H,19,20,21). The van der Waals surface area contributed by atoms with Gasteiger partial charge in [0.1, 0.15) is 23.0 Å². The zero-order valence-electron chi connectivity index (χ0n) is 15.2. The fraction of sp³-hybridized carbons (Fsp3) is 0.353. The van der Waals surface area contributed by atoms with E-state index >= 15 is 0 Å². The van der Waals surface area contributed by atoms with E-state index < -0.39 is 21.8 Å². The minimum absolute atomic E-state index is 0.0100. The summed E-state index contributed by atoms with van der Waals surface area (Å²) in [5.74, 6) is -1.33. The summed E-state index contributed by atoms with van der Waals surface area (Å²) in [7, 11) is -3.61. The third-order valence-corrected chi connectivity index (χ3v) is 4.75. The Hall–Kier alpha value is -2.59. The summed E-state index contributed by atoms with van der Waals surface area (Å²) < 4.78 is 38.4. The zero-order chi connectivity index (χ0) is 20.2. The Balaban J connectivity index is 2.31. The van der Waals surface area contributed by atoms with E-state index in [4.69, 9.17) is 0 Å². The van der Waals surface area contributed by atoms with Gasteiger partial charge in [0.15, 0.2) is 0 Å². The summed E-state index contributed by atoms with van der Waals surface area (Å²) in [5.41, 5.74) is 0.501. The normalized spacial score (nSPS) is 11.8. The number of rotatable bonds is 8. The van der Waals surface area contributed by atoms with E-state index in [9.17, 15) is 22.7 Å². The Morgan fingerprint density at radius 1 is 1.26 bits per heavy atom. The SMILES string of the molecule is CC(C)Nc1nc(CN(Cc2ccc(F)cc2)S(C)(=O)=O)ncc1C(=O)O. The van der Waals surface area contributed by atoms with Crippen LogP contribution in [0.15, 0.2) is 30.5 Å². The van der Waals surface area contributed by atoms with Crippen molar-refractivity contribution < 1.29 is 22.7 Å². The smallest absolute Gasteiger partial charge is 0.341 e.